The molecule has 2 aromatic carbocycles. The summed E-state index contributed by atoms with van der Waals surface area (Å²) in [4.78, 5) is 22.5. The number of ether oxygens (including phenoxy) is 1. The number of para-hydroxylation sites is 2. The lowest BCUT2D eigenvalue weighted by Crippen LogP contribution is -2.44. The minimum absolute atomic E-state index is 0.0788. The Balaban J connectivity index is 1.23. The van der Waals surface area contributed by atoms with Gasteiger partial charge in [0.1, 0.15) is 0 Å². The Morgan fingerprint density at radius 1 is 1.03 bits per heavy atom. The highest BCUT2D eigenvalue weighted by atomic mass is 16.5. The van der Waals surface area contributed by atoms with Crippen molar-refractivity contribution in [3.8, 4) is 0 Å². The number of nitrogens with zero attached hydrogens (tertiary/aromatic N) is 4. The molecule has 0 bridgehead atoms. The highest BCUT2D eigenvalue weighted by Crippen LogP contribution is 2.28. The number of hydrogen-bond donors (Lipinski definition) is 1. The van der Waals surface area contributed by atoms with Gasteiger partial charge in [-0.3, -0.25) is 9.69 Å². The number of carbonyl (C=O) groups excluding carboxylic acids is 1. The Bertz CT molecular complexity index is 1110. The number of aryl methyl sites for hydroxylation is 1. The van der Waals surface area contributed by atoms with Gasteiger partial charge in [-0.25, -0.2) is 4.98 Å². The number of nitrogens with one attached hydrogen (secondary N) is 1. The van der Waals surface area contributed by atoms with Crippen LogP contribution in [0.25, 0.3) is 11.0 Å². The van der Waals surface area contributed by atoms with E-state index in [1.54, 1.807) is 0 Å². The summed E-state index contributed by atoms with van der Waals surface area (Å²) in [6.45, 7) is 9.76. The summed E-state index contributed by atoms with van der Waals surface area (Å²) in [5.41, 5.74) is 4.78. The van der Waals surface area contributed by atoms with Gasteiger partial charge in [-0.1, -0.05) is 36.4 Å². The number of amides is 1. The first-order chi connectivity index (χ1) is 16.7. The van der Waals surface area contributed by atoms with Crippen LogP contribution < -0.4 is 10.2 Å². The van der Waals surface area contributed by atoms with Crippen LogP contribution in [0.1, 0.15) is 24.0 Å². The second kappa shape index (κ2) is 10.6. The third-order valence-corrected chi connectivity index (χ3v) is 7.20. The number of morpholine rings is 1. The maximum Gasteiger partial charge on any atom is 0.223 e. The smallest absolute Gasteiger partial charge is 0.223 e. The topological polar surface area (TPSA) is 62.6 Å². The van der Waals surface area contributed by atoms with Gasteiger partial charge in [0, 0.05) is 45.2 Å². The van der Waals surface area contributed by atoms with Crippen LogP contribution in [0.2, 0.25) is 0 Å². The van der Waals surface area contributed by atoms with Crippen LogP contribution in [0.4, 0.5) is 5.95 Å². The summed E-state index contributed by atoms with van der Waals surface area (Å²) in [5, 5.41) is 3.17. The number of carbonyl (C=O) groups is 1. The molecule has 0 unspecified atom stereocenters. The Hall–Kier alpha value is -2.90. The van der Waals surface area contributed by atoms with Gasteiger partial charge in [0.15, 0.2) is 0 Å². The van der Waals surface area contributed by atoms with Crippen molar-refractivity contribution < 1.29 is 9.53 Å². The molecule has 180 valence electrons. The van der Waals surface area contributed by atoms with Gasteiger partial charge in [-0.15, -0.1) is 0 Å². The van der Waals surface area contributed by atoms with E-state index in [9.17, 15) is 4.79 Å². The van der Waals surface area contributed by atoms with Crippen molar-refractivity contribution >= 4 is 22.9 Å². The van der Waals surface area contributed by atoms with Crippen molar-refractivity contribution in [3.63, 3.8) is 0 Å². The van der Waals surface area contributed by atoms with Crippen molar-refractivity contribution in [2.24, 2.45) is 5.92 Å². The average molecular weight is 462 g/mol. The Morgan fingerprint density at radius 3 is 2.56 bits per heavy atom. The fourth-order valence-corrected chi connectivity index (χ4v) is 5.07. The zero-order chi connectivity index (χ0) is 23.3. The predicted octanol–water partition coefficient (Wildman–Crippen LogP) is 3.06. The quantitative estimate of drug-likeness (QED) is 0.586. The standard InChI is InChI=1S/C27H35N5O2/c1-21-6-2-3-7-23(21)20-32-25-9-5-4-8-24(25)29-27(32)31-13-10-22(11-14-31)26(33)28-12-15-30-16-18-34-19-17-30/h2-9,22H,10-20H2,1H3,(H,28,33). The van der Waals surface area contributed by atoms with Crippen LogP contribution in [0.15, 0.2) is 48.5 Å². The molecule has 2 fully saturated rings. The third-order valence-electron chi connectivity index (χ3n) is 7.20. The molecule has 5 rings (SSSR count). The zero-order valence-electron chi connectivity index (χ0n) is 20.1. The summed E-state index contributed by atoms with van der Waals surface area (Å²) in [6, 6.07) is 16.9. The molecule has 2 aliphatic heterocycles. The van der Waals surface area contributed by atoms with Crippen molar-refractivity contribution in [1.82, 2.24) is 19.8 Å². The molecule has 7 nitrogen and oxygen atoms in total. The van der Waals surface area contributed by atoms with E-state index < -0.39 is 0 Å². The molecule has 1 N–H and O–H groups in total. The molecular formula is C27H35N5O2. The van der Waals surface area contributed by atoms with Gasteiger partial charge in [0.25, 0.3) is 0 Å². The Kier molecular flexibility index (Phi) is 7.11. The van der Waals surface area contributed by atoms with E-state index in [4.69, 9.17) is 9.72 Å². The van der Waals surface area contributed by atoms with Crippen molar-refractivity contribution in [1.29, 1.82) is 0 Å². The second-order valence-electron chi connectivity index (χ2n) is 9.42. The summed E-state index contributed by atoms with van der Waals surface area (Å²) < 4.78 is 7.73. The number of piperidine rings is 1. The summed E-state index contributed by atoms with van der Waals surface area (Å²) in [5.74, 6) is 1.28. The number of hydrogen-bond acceptors (Lipinski definition) is 5. The van der Waals surface area contributed by atoms with Crippen LogP contribution in [0.5, 0.6) is 0 Å². The number of anilines is 1. The largest absolute Gasteiger partial charge is 0.379 e. The van der Waals surface area contributed by atoms with Gasteiger partial charge in [0.05, 0.1) is 30.8 Å². The number of benzene rings is 2. The van der Waals surface area contributed by atoms with Gasteiger partial charge in [-0.2, -0.15) is 0 Å². The molecule has 34 heavy (non-hydrogen) atoms. The van der Waals surface area contributed by atoms with E-state index in [1.165, 1.54) is 11.1 Å². The van der Waals surface area contributed by atoms with Crippen LogP contribution in [-0.4, -0.2) is 72.8 Å². The number of fused-ring (bicyclic) bond motifs is 1. The molecule has 0 radical (unpaired) electrons. The lowest BCUT2D eigenvalue weighted by atomic mass is 9.96. The van der Waals surface area contributed by atoms with E-state index in [1.807, 2.05) is 6.07 Å². The first kappa shape index (κ1) is 22.9. The number of aromatic nitrogens is 2. The molecule has 2 aliphatic rings. The minimum atomic E-state index is 0.0788. The van der Waals surface area contributed by atoms with E-state index in [0.29, 0.717) is 6.54 Å². The molecule has 0 spiro atoms. The van der Waals surface area contributed by atoms with E-state index in [0.717, 1.165) is 82.3 Å². The molecule has 0 atom stereocenters. The molecular weight excluding hydrogens is 426 g/mol. The normalized spacial score (nSPS) is 17.9. The molecule has 3 aromatic rings. The first-order valence-corrected chi connectivity index (χ1v) is 12.5. The van der Waals surface area contributed by atoms with E-state index >= 15 is 0 Å². The molecule has 0 saturated carbocycles. The highest BCUT2D eigenvalue weighted by molar-refractivity contribution is 5.80. The Labute approximate surface area is 201 Å². The summed E-state index contributed by atoms with van der Waals surface area (Å²) in [6.07, 6.45) is 1.72. The van der Waals surface area contributed by atoms with Crippen molar-refractivity contribution in [2.75, 3.05) is 57.4 Å². The monoisotopic (exact) mass is 461 g/mol. The van der Waals surface area contributed by atoms with Crippen molar-refractivity contribution in [2.45, 2.75) is 26.3 Å². The molecule has 1 amide bonds. The lowest BCUT2D eigenvalue weighted by Gasteiger charge is -2.33. The van der Waals surface area contributed by atoms with E-state index in [2.05, 4.69) is 69.1 Å². The maximum atomic E-state index is 12.8. The maximum absolute atomic E-state index is 12.8. The zero-order valence-corrected chi connectivity index (χ0v) is 20.1. The summed E-state index contributed by atoms with van der Waals surface area (Å²) in [7, 11) is 0. The van der Waals surface area contributed by atoms with Crippen LogP contribution >= 0.6 is 0 Å². The van der Waals surface area contributed by atoms with Crippen LogP contribution in [0, 0.1) is 12.8 Å². The van der Waals surface area contributed by atoms with E-state index in [-0.39, 0.29) is 11.8 Å². The second-order valence-corrected chi connectivity index (χ2v) is 9.42. The van der Waals surface area contributed by atoms with Crippen molar-refractivity contribution in [3.05, 3.63) is 59.7 Å². The highest BCUT2D eigenvalue weighted by Gasteiger charge is 2.28. The molecule has 7 heteroatoms. The molecule has 1 aromatic heterocycles. The fraction of sp³-hybridized carbons (Fsp3) is 0.481. The molecule has 0 aliphatic carbocycles. The number of rotatable bonds is 7. The van der Waals surface area contributed by atoms with Gasteiger partial charge < -0.3 is 19.5 Å². The average Bonchev–Trinajstić information content (AvgIpc) is 3.24. The van der Waals surface area contributed by atoms with Crippen LogP contribution in [-0.2, 0) is 16.1 Å². The first-order valence-electron chi connectivity index (χ1n) is 12.5. The Morgan fingerprint density at radius 2 is 1.76 bits per heavy atom. The van der Waals surface area contributed by atoms with Gasteiger partial charge >= 0.3 is 0 Å². The molecule has 2 saturated heterocycles. The van der Waals surface area contributed by atoms with Gasteiger partial charge in [0.2, 0.25) is 11.9 Å². The fourth-order valence-electron chi connectivity index (χ4n) is 5.07. The summed E-state index contributed by atoms with van der Waals surface area (Å²) >= 11 is 0. The molecule has 3 heterocycles. The van der Waals surface area contributed by atoms with Gasteiger partial charge in [-0.05, 0) is 43.0 Å². The predicted molar refractivity (Wildman–Crippen MR) is 135 cm³/mol. The van der Waals surface area contributed by atoms with Crippen LogP contribution in [0.3, 0.4) is 0 Å². The third kappa shape index (κ3) is 5.10. The number of imidazole rings is 1. The SMILES string of the molecule is Cc1ccccc1Cn1c(N2CCC(C(=O)NCCN3CCOCC3)CC2)nc2ccccc21. The minimum Gasteiger partial charge on any atom is -0.379 e. The lowest BCUT2D eigenvalue weighted by molar-refractivity contribution is -0.125.